The van der Waals surface area contributed by atoms with Gasteiger partial charge < -0.3 is 9.64 Å². The minimum absolute atomic E-state index is 0.108. The largest absolute Gasteiger partial charge is 0.444 e. The second-order valence-corrected chi connectivity index (χ2v) is 7.67. The van der Waals surface area contributed by atoms with Crippen molar-refractivity contribution in [3.05, 3.63) is 34.3 Å². The van der Waals surface area contributed by atoms with E-state index in [4.69, 9.17) is 16.3 Å². The van der Waals surface area contributed by atoms with Crippen molar-refractivity contribution in [2.24, 2.45) is 0 Å². The van der Waals surface area contributed by atoms with Crippen LogP contribution in [0, 0.1) is 0 Å². The van der Waals surface area contributed by atoms with Crippen molar-refractivity contribution < 1.29 is 9.53 Å². The monoisotopic (exact) mass is 307 g/mol. The van der Waals surface area contributed by atoms with Crippen molar-refractivity contribution in [3.63, 3.8) is 0 Å². The van der Waals surface area contributed by atoms with Gasteiger partial charge in [-0.2, -0.15) is 0 Å². The number of aryl methyl sites for hydroxylation is 1. The number of hydrogen-bond acceptors (Lipinski definition) is 2. The van der Waals surface area contributed by atoms with E-state index in [1.54, 1.807) is 0 Å². The number of hydrogen-bond donors (Lipinski definition) is 0. The van der Waals surface area contributed by atoms with Crippen LogP contribution in [0.15, 0.2) is 18.2 Å². The van der Waals surface area contributed by atoms with Gasteiger partial charge in [-0.1, -0.05) is 17.7 Å². The van der Waals surface area contributed by atoms with Gasteiger partial charge in [-0.05, 0) is 63.3 Å². The van der Waals surface area contributed by atoms with Gasteiger partial charge >= 0.3 is 6.09 Å². The van der Waals surface area contributed by atoms with Crippen LogP contribution in [0.1, 0.15) is 44.7 Å². The molecule has 1 heterocycles. The van der Waals surface area contributed by atoms with Crippen LogP contribution >= 0.6 is 11.6 Å². The number of halogens is 1. The molecule has 0 N–H and O–H groups in total. The van der Waals surface area contributed by atoms with Gasteiger partial charge in [0, 0.05) is 23.5 Å². The molecule has 1 aromatic carbocycles. The van der Waals surface area contributed by atoms with Crippen LogP contribution in [0.3, 0.4) is 0 Å². The van der Waals surface area contributed by atoms with E-state index < -0.39 is 5.60 Å². The second-order valence-electron chi connectivity index (χ2n) is 7.23. The lowest BCUT2D eigenvalue weighted by Gasteiger charge is -2.27. The SMILES string of the molecule is CC(C)(C)OC(=O)N1CCC2(CCc3cc(Cl)ccc32)C1. The fourth-order valence-corrected chi connectivity index (χ4v) is 3.77. The second kappa shape index (κ2) is 4.91. The molecule has 1 aliphatic heterocycles. The van der Waals surface area contributed by atoms with Crippen LogP contribution in [0.4, 0.5) is 4.79 Å². The van der Waals surface area contributed by atoms with E-state index in [9.17, 15) is 4.79 Å². The van der Waals surface area contributed by atoms with Crippen molar-refractivity contribution in [2.75, 3.05) is 13.1 Å². The zero-order chi connectivity index (χ0) is 15.3. The Bertz CT molecular complexity index is 579. The summed E-state index contributed by atoms with van der Waals surface area (Å²) in [5.41, 5.74) is 2.39. The first-order chi connectivity index (χ1) is 9.79. The Hall–Kier alpha value is -1.22. The highest BCUT2D eigenvalue weighted by Gasteiger charge is 2.46. The molecule has 4 heteroatoms. The average molecular weight is 308 g/mol. The Kier molecular flexibility index (Phi) is 3.44. The normalized spacial score (nSPS) is 24.5. The Labute approximate surface area is 131 Å². The maximum Gasteiger partial charge on any atom is 0.410 e. The van der Waals surface area contributed by atoms with Crippen molar-refractivity contribution >= 4 is 17.7 Å². The minimum Gasteiger partial charge on any atom is -0.444 e. The van der Waals surface area contributed by atoms with E-state index in [1.807, 2.05) is 31.7 Å². The van der Waals surface area contributed by atoms with Crippen LogP contribution in [0.5, 0.6) is 0 Å². The lowest BCUT2D eigenvalue weighted by molar-refractivity contribution is 0.0284. The van der Waals surface area contributed by atoms with Crippen LogP contribution < -0.4 is 0 Å². The van der Waals surface area contributed by atoms with Crippen LogP contribution in [0.2, 0.25) is 5.02 Å². The zero-order valence-electron chi connectivity index (χ0n) is 12.9. The molecule has 1 spiro atoms. The van der Waals surface area contributed by atoms with Crippen molar-refractivity contribution in [1.29, 1.82) is 0 Å². The molecule has 1 saturated heterocycles. The highest BCUT2D eigenvalue weighted by Crippen LogP contribution is 2.46. The van der Waals surface area contributed by atoms with Crippen molar-refractivity contribution in [2.45, 2.75) is 51.0 Å². The third kappa shape index (κ3) is 2.76. The van der Waals surface area contributed by atoms with Gasteiger partial charge in [0.05, 0.1) is 0 Å². The molecule has 1 aromatic rings. The fourth-order valence-electron chi connectivity index (χ4n) is 3.57. The van der Waals surface area contributed by atoms with Gasteiger partial charge in [-0.3, -0.25) is 0 Å². The maximum absolute atomic E-state index is 12.2. The van der Waals surface area contributed by atoms with Crippen LogP contribution in [-0.2, 0) is 16.6 Å². The van der Waals surface area contributed by atoms with E-state index in [0.29, 0.717) is 0 Å². The summed E-state index contributed by atoms with van der Waals surface area (Å²) in [4.78, 5) is 14.1. The molecular weight excluding hydrogens is 286 g/mol. The number of carbonyl (C=O) groups is 1. The Morgan fingerprint density at radius 2 is 2.10 bits per heavy atom. The number of nitrogens with zero attached hydrogens (tertiary/aromatic N) is 1. The number of likely N-dealkylation sites (tertiary alicyclic amines) is 1. The predicted molar refractivity (Wildman–Crippen MR) is 83.9 cm³/mol. The summed E-state index contributed by atoms with van der Waals surface area (Å²) in [6.45, 7) is 7.25. The van der Waals surface area contributed by atoms with E-state index in [0.717, 1.165) is 37.4 Å². The molecule has 1 fully saturated rings. The topological polar surface area (TPSA) is 29.5 Å². The Morgan fingerprint density at radius 3 is 2.81 bits per heavy atom. The molecule has 2 aliphatic rings. The molecule has 114 valence electrons. The van der Waals surface area contributed by atoms with Crippen LogP contribution in [-0.4, -0.2) is 29.7 Å². The molecule has 0 bridgehead atoms. The zero-order valence-corrected chi connectivity index (χ0v) is 13.7. The summed E-state index contributed by atoms with van der Waals surface area (Å²) in [5.74, 6) is 0. The smallest absolute Gasteiger partial charge is 0.410 e. The molecule has 1 unspecified atom stereocenters. The number of benzene rings is 1. The van der Waals surface area contributed by atoms with Gasteiger partial charge in [0.25, 0.3) is 0 Å². The van der Waals surface area contributed by atoms with Gasteiger partial charge in [0.2, 0.25) is 0 Å². The van der Waals surface area contributed by atoms with Crippen LogP contribution in [0.25, 0.3) is 0 Å². The Balaban J connectivity index is 1.78. The lowest BCUT2D eigenvalue weighted by atomic mass is 9.81. The summed E-state index contributed by atoms with van der Waals surface area (Å²) in [7, 11) is 0. The van der Waals surface area contributed by atoms with Gasteiger partial charge in [0.1, 0.15) is 5.60 Å². The molecule has 3 rings (SSSR count). The molecule has 1 amide bonds. The number of carbonyl (C=O) groups excluding carboxylic acids is 1. The molecule has 1 aliphatic carbocycles. The van der Waals surface area contributed by atoms with Gasteiger partial charge in [-0.15, -0.1) is 0 Å². The average Bonchev–Trinajstić information content (AvgIpc) is 2.94. The van der Waals surface area contributed by atoms with Crippen molar-refractivity contribution in [1.82, 2.24) is 4.90 Å². The van der Waals surface area contributed by atoms with Gasteiger partial charge in [-0.25, -0.2) is 4.79 Å². The Morgan fingerprint density at radius 1 is 1.33 bits per heavy atom. The summed E-state index contributed by atoms with van der Waals surface area (Å²) < 4.78 is 5.50. The van der Waals surface area contributed by atoms with Gasteiger partial charge in [0.15, 0.2) is 0 Å². The molecule has 1 atom stereocenters. The molecule has 21 heavy (non-hydrogen) atoms. The molecule has 0 saturated carbocycles. The lowest BCUT2D eigenvalue weighted by Crippen LogP contribution is -2.37. The quantitative estimate of drug-likeness (QED) is 0.720. The molecule has 3 nitrogen and oxygen atoms in total. The molecular formula is C17H22ClNO2. The molecule has 0 radical (unpaired) electrons. The number of amides is 1. The first kappa shape index (κ1) is 14.7. The number of fused-ring (bicyclic) bond motifs is 2. The third-order valence-electron chi connectivity index (χ3n) is 4.52. The summed E-state index contributed by atoms with van der Waals surface area (Å²) in [5, 5.41) is 0.799. The first-order valence-corrected chi connectivity index (χ1v) is 7.94. The third-order valence-corrected chi connectivity index (χ3v) is 4.75. The summed E-state index contributed by atoms with van der Waals surface area (Å²) in [6.07, 6.45) is 2.97. The predicted octanol–water partition coefficient (Wildman–Crippen LogP) is 4.16. The van der Waals surface area contributed by atoms with E-state index in [2.05, 4.69) is 12.1 Å². The maximum atomic E-state index is 12.2. The fraction of sp³-hybridized carbons (Fsp3) is 0.588. The van der Waals surface area contributed by atoms with Crippen molar-refractivity contribution in [3.8, 4) is 0 Å². The van der Waals surface area contributed by atoms with E-state index >= 15 is 0 Å². The first-order valence-electron chi connectivity index (χ1n) is 7.56. The summed E-state index contributed by atoms with van der Waals surface area (Å²) in [6, 6.07) is 6.18. The minimum atomic E-state index is -0.437. The number of rotatable bonds is 0. The van der Waals surface area contributed by atoms with E-state index in [-0.39, 0.29) is 11.5 Å². The highest BCUT2D eigenvalue weighted by molar-refractivity contribution is 6.30. The molecule has 0 aromatic heterocycles. The highest BCUT2D eigenvalue weighted by atomic mass is 35.5. The van der Waals surface area contributed by atoms with E-state index in [1.165, 1.54) is 11.1 Å². The summed E-state index contributed by atoms with van der Waals surface area (Å²) >= 11 is 6.09. The number of ether oxygens (including phenoxy) is 1. The standard InChI is InChI=1S/C17H22ClNO2/c1-16(2,3)21-15(20)19-9-8-17(11-19)7-6-12-10-13(18)4-5-14(12)17/h4-5,10H,6-9,11H2,1-3H3.